The van der Waals surface area contributed by atoms with Crippen molar-refractivity contribution in [3.63, 3.8) is 0 Å². The van der Waals surface area contributed by atoms with Crippen LogP contribution in [-0.2, 0) is 6.54 Å². The number of nitrogens with two attached hydrogens (primary N) is 1. The van der Waals surface area contributed by atoms with Gasteiger partial charge in [0.25, 0.3) is 0 Å². The van der Waals surface area contributed by atoms with Gasteiger partial charge in [0, 0.05) is 11.6 Å². The van der Waals surface area contributed by atoms with E-state index in [1.165, 1.54) is 5.56 Å². The van der Waals surface area contributed by atoms with Crippen molar-refractivity contribution in [3.8, 4) is 0 Å². The molecule has 3 aromatic rings. The summed E-state index contributed by atoms with van der Waals surface area (Å²) in [5, 5.41) is 0.748. The smallest absolute Gasteiger partial charge is 0.127 e. The van der Waals surface area contributed by atoms with E-state index in [2.05, 4.69) is 49.6 Å². The van der Waals surface area contributed by atoms with Gasteiger partial charge in [0.15, 0.2) is 0 Å². The fourth-order valence-corrected chi connectivity index (χ4v) is 3.00. The summed E-state index contributed by atoms with van der Waals surface area (Å²) in [6.45, 7) is 7.06. The Kier molecular flexibility index (Phi) is 4.42. The highest BCUT2D eigenvalue weighted by atomic mass is 35.5. The van der Waals surface area contributed by atoms with Crippen LogP contribution < -0.4 is 5.73 Å². The first-order valence-electron chi connectivity index (χ1n) is 7.92. The minimum atomic E-state index is -0.0955. The second kappa shape index (κ2) is 6.34. The highest BCUT2D eigenvalue weighted by Gasteiger charge is 2.20. The molecule has 2 aromatic carbocycles. The Morgan fingerprint density at radius 2 is 1.96 bits per heavy atom. The third-order valence-electron chi connectivity index (χ3n) is 4.18. The first-order valence-corrected chi connectivity index (χ1v) is 8.30. The predicted molar refractivity (Wildman–Crippen MR) is 96.8 cm³/mol. The maximum absolute atomic E-state index is 6.41. The lowest BCUT2D eigenvalue weighted by molar-refractivity contribution is 0.475. The molecule has 0 bridgehead atoms. The molecule has 3 nitrogen and oxygen atoms in total. The van der Waals surface area contributed by atoms with E-state index in [0.29, 0.717) is 5.92 Å². The normalized spacial score (nSPS) is 13.0. The zero-order chi connectivity index (χ0) is 16.6. The number of nitrogens with zero attached hydrogens (tertiary/aromatic N) is 2. The van der Waals surface area contributed by atoms with E-state index in [1.54, 1.807) is 0 Å². The molecule has 23 heavy (non-hydrogen) atoms. The number of hydrogen-bond donors (Lipinski definition) is 1. The molecular formula is C19H22ClN3. The van der Waals surface area contributed by atoms with E-state index in [9.17, 15) is 0 Å². The molecule has 1 atom stereocenters. The van der Waals surface area contributed by atoms with Gasteiger partial charge in [0.2, 0.25) is 0 Å². The largest absolute Gasteiger partial charge is 0.322 e. The predicted octanol–water partition coefficient (Wildman–Crippen LogP) is 4.70. The lowest BCUT2D eigenvalue weighted by atomic mass is 10.0. The highest BCUT2D eigenvalue weighted by molar-refractivity contribution is 6.30. The Labute approximate surface area is 142 Å². The molecule has 0 aliphatic carbocycles. The van der Waals surface area contributed by atoms with Crippen molar-refractivity contribution < 1.29 is 0 Å². The molecule has 1 aromatic heterocycles. The molecule has 0 fully saturated rings. The van der Waals surface area contributed by atoms with Crippen molar-refractivity contribution in [2.75, 3.05) is 0 Å². The molecule has 0 spiro atoms. The van der Waals surface area contributed by atoms with Gasteiger partial charge >= 0.3 is 0 Å². The van der Waals surface area contributed by atoms with Crippen LogP contribution >= 0.6 is 11.6 Å². The van der Waals surface area contributed by atoms with Crippen molar-refractivity contribution >= 4 is 22.6 Å². The first-order chi connectivity index (χ1) is 11.0. The van der Waals surface area contributed by atoms with E-state index in [1.807, 2.05) is 18.2 Å². The zero-order valence-electron chi connectivity index (χ0n) is 13.8. The lowest BCUT2D eigenvalue weighted by Crippen LogP contribution is -2.22. The number of fused-ring (bicyclic) bond motifs is 1. The number of aryl methyl sites for hydroxylation is 1. The molecule has 3 rings (SSSR count). The lowest BCUT2D eigenvalue weighted by Gasteiger charge is -2.18. The number of benzene rings is 2. The van der Waals surface area contributed by atoms with Crippen LogP contribution in [-0.4, -0.2) is 9.55 Å². The monoisotopic (exact) mass is 327 g/mol. The summed E-state index contributed by atoms with van der Waals surface area (Å²) >= 11 is 6.13. The number of aromatic nitrogens is 2. The van der Waals surface area contributed by atoms with E-state index in [-0.39, 0.29) is 6.04 Å². The average Bonchev–Trinajstić information content (AvgIpc) is 2.84. The van der Waals surface area contributed by atoms with Gasteiger partial charge in [-0.15, -0.1) is 0 Å². The first kappa shape index (κ1) is 16.0. The van der Waals surface area contributed by atoms with Crippen LogP contribution in [0.4, 0.5) is 0 Å². The van der Waals surface area contributed by atoms with Crippen LogP contribution in [0.1, 0.15) is 36.8 Å². The summed E-state index contributed by atoms with van der Waals surface area (Å²) in [7, 11) is 0. The maximum Gasteiger partial charge on any atom is 0.127 e. The molecular weight excluding hydrogens is 306 g/mol. The molecule has 4 heteroatoms. The van der Waals surface area contributed by atoms with Crippen molar-refractivity contribution in [2.24, 2.45) is 11.7 Å². The van der Waals surface area contributed by atoms with Gasteiger partial charge in [-0.3, -0.25) is 0 Å². The van der Waals surface area contributed by atoms with Gasteiger partial charge in [0.1, 0.15) is 5.82 Å². The fourth-order valence-electron chi connectivity index (χ4n) is 2.79. The topological polar surface area (TPSA) is 43.8 Å². The quantitative estimate of drug-likeness (QED) is 0.754. The summed E-state index contributed by atoms with van der Waals surface area (Å²) in [5.74, 6) is 1.26. The van der Waals surface area contributed by atoms with E-state index in [0.717, 1.165) is 34.0 Å². The Hall–Kier alpha value is -1.84. The molecule has 2 N–H and O–H groups in total. The standard InChI is InChI=1S/C19H22ClN3/c1-12(2)18(21)19-22-16-8-7-13(3)9-17(16)23(19)11-14-5-4-6-15(20)10-14/h4-10,12,18H,11,21H2,1-3H3/t18-/m0/s1. The summed E-state index contributed by atoms with van der Waals surface area (Å²) < 4.78 is 2.22. The van der Waals surface area contributed by atoms with Crippen LogP contribution in [0.25, 0.3) is 11.0 Å². The van der Waals surface area contributed by atoms with E-state index in [4.69, 9.17) is 22.3 Å². The van der Waals surface area contributed by atoms with Crippen molar-refractivity contribution in [1.29, 1.82) is 0 Å². The number of halogens is 1. The minimum absolute atomic E-state index is 0.0955. The SMILES string of the molecule is Cc1ccc2nc([C@@H](N)C(C)C)n(Cc3cccc(Cl)c3)c2c1. The molecule has 0 amide bonds. The van der Waals surface area contributed by atoms with Gasteiger partial charge in [-0.2, -0.15) is 0 Å². The Morgan fingerprint density at radius 1 is 1.17 bits per heavy atom. The summed E-state index contributed by atoms with van der Waals surface area (Å²) in [6, 6.07) is 14.2. The van der Waals surface area contributed by atoms with Crippen LogP contribution in [0.3, 0.4) is 0 Å². The van der Waals surface area contributed by atoms with Gasteiger partial charge in [-0.05, 0) is 48.2 Å². The van der Waals surface area contributed by atoms with E-state index >= 15 is 0 Å². The minimum Gasteiger partial charge on any atom is -0.322 e. The van der Waals surface area contributed by atoms with Crippen LogP contribution in [0, 0.1) is 12.8 Å². The summed E-state index contributed by atoms with van der Waals surface area (Å²) in [6.07, 6.45) is 0. The second-order valence-corrected chi connectivity index (χ2v) is 6.88. The van der Waals surface area contributed by atoms with Crippen molar-refractivity contribution in [1.82, 2.24) is 9.55 Å². The van der Waals surface area contributed by atoms with Crippen molar-refractivity contribution in [2.45, 2.75) is 33.4 Å². The molecule has 0 radical (unpaired) electrons. The molecule has 1 heterocycles. The fraction of sp³-hybridized carbons (Fsp3) is 0.316. The molecule has 0 saturated carbocycles. The Balaban J connectivity index is 2.15. The molecule has 0 unspecified atom stereocenters. The van der Waals surface area contributed by atoms with Gasteiger partial charge in [0.05, 0.1) is 17.1 Å². The maximum atomic E-state index is 6.41. The number of imidazole rings is 1. The molecule has 0 aliphatic heterocycles. The average molecular weight is 328 g/mol. The van der Waals surface area contributed by atoms with E-state index < -0.39 is 0 Å². The highest BCUT2D eigenvalue weighted by Crippen LogP contribution is 2.26. The van der Waals surface area contributed by atoms with Crippen LogP contribution in [0.5, 0.6) is 0 Å². The second-order valence-electron chi connectivity index (χ2n) is 6.45. The number of hydrogen-bond acceptors (Lipinski definition) is 2. The van der Waals surface area contributed by atoms with Crippen LogP contribution in [0.15, 0.2) is 42.5 Å². The third kappa shape index (κ3) is 3.26. The molecule has 120 valence electrons. The van der Waals surface area contributed by atoms with Gasteiger partial charge < -0.3 is 10.3 Å². The Bertz CT molecular complexity index is 836. The van der Waals surface area contributed by atoms with Crippen LogP contribution in [0.2, 0.25) is 5.02 Å². The van der Waals surface area contributed by atoms with Gasteiger partial charge in [-0.25, -0.2) is 4.98 Å². The zero-order valence-corrected chi connectivity index (χ0v) is 14.5. The Morgan fingerprint density at radius 3 is 2.65 bits per heavy atom. The number of rotatable bonds is 4. The third-order valence-corrected chi connectivity index (χ3v) is 4.41. The summed E-state index contributed by atoms with van der Waals surface area (Å²) in [5.41, 5.74) is 10.9. The van der Waals surface area contributed by atoms with Crippen molar-refractivity contribution in [3.05, 3.63) is 64.4 Å². The molecule has 0 aliphatic rings. The molecule has 0 saturated heterocycles. The summed E-state index contributed by atoms with van der Waals surface area (Å²) in [4.78, 5) is 4.80. The van der Waals surface area contributed by atoms with Gasteiger partial charge in [-0.1, -0.05) is 43.6 Å².